The van der Waals surface area contributed by atoms with Crippen LogP contribution in [0.15, 0.2) is 60.8 Å². The summed E-state index contributed by atoms with van der Waals surface area (Å²) < 4.78 is 5.43. The monoisotopic (exact) mass is 235 g/mol. The van der Waals surface area contributed by atoms with E-state index in [-0.39, 0.29) is 0 Å². The van der Waals surface area contributed by atoms with Crippen molar-refractivity contribution in [2.45, 2.75) is 0 Å². The molecule has 18 heavy (non-hydrogen) atoms. The fourth-order valence-corrected chi connectivity index (χ4v) is 2.20. The fourth-order valence-electron chi connectivity index (χ4n) is 2.20. The standard InChI is InChI=1S/C16H13NO/c1-18-16-9-5-3-7-14(16)12-10-11-17-15-8-4-2-6-13(12)15/h2-11H,1H3. The minimum absolute atomic E-state index is 0.883. The predicted octanol–water partition coefficient (Wildman–Crippen LogP) is 3.91. The lowest BCUT2D eigenvalue weighted by Crippen LogP contribution is -1.89. The Hall–Kier alpha value is -2.35. The van der Waals surface area contributed by atoms with Crippen LogP contribution in [0.2, 0.25) is 0 Å². The minimum atomic E-state index is 0.883. The third-order valence-electron chi connectivity index (χ3n) is 3.05. The first kappa shape index (κ1) is 10.8. The predicted molar refractivity (Wildman–Crippen MR) is 73.7 cm³/mol. The molecule has 88 valence electrons. The third-order valence-corrected chi connectivity index (χ3v) is 3.05. The molecule has 0 fully saturated rings. The van der Waals surface area contributed by atoms with Gasteiger partial charge >= 0.3 is 0 Å². The van der Waals surface area contributed by atoms with Crippen LogP contribution in [-0.4, -0.2) is 12.1 Å². The highest BCUT2D eigenvalue weighted by Crippen LogP contribution is 2.33. The number of ether oxygens (including phenoxy) is 1. The highest BCUT2D eigenvalue weighted by atomic mass is 16.5. The molecule has 3 rings (SSSR count). The van der Waals surface area contributed by atoms with Crippen LogP contribution < -0.4 is 4.74 Å². The van der Waals surface area contributed by atoms with Crippen LogP contribution in [0.4, 0.5) is 0 Å². The van der Waals surface area contributed by atoms with Crippen molar-refractivity contribution >= 4 is 10.9 Å². The molecule has 0 bridgehead atoms. The van der Waals surface area contributed by atoms with Gasteiger partial charge in [0.1, 0.15) is 5.75 Å². The van der Waals surface area contributed by atoms with Crippen molar-refractivity contribution in [2.75, 3.05) is 7.11 Å². The lowest BCUT2D eigenvalue weighted by molar-refractivity contribution is 0.416. The number of nitrogens with zero attached hydrogens (tertiary/aromatic N) is 1. The Balaban J connectivity index is 2.32. The van der Waals surface area contributed by atoms with Gasteiger partial charge in [-0.2, -0.15) is 0 Å². The van der Waals surface area contributed by atoms with Gasteiger partial charge in [0.05, 0.1) is 12.6 Å². The smallest absolute Gasteiger partial charge is 0.126 e. The van der Waals surface area contributed by atoms with E-state index in [1.807, 2.05) is 48.7 Å². The van der Waals surface area contributed by atoms with E-state index < -0.39 is 0 Å². The van der Waals surface area contributed by atoms with Crippen LogP contribution in [0.25, 0.3) is 22.0 Å². The third kappa shape index (κ3) is 1.72. The van der Waals surface area contributed by atoms with Gasteiger partial charge < -0.3 is 4.74 Å². The summed E-state index contributed by atoms with van der Waals surface area (Å²) in [6.07, 6.45) is 1.84. The summed E-state index contributed by atoms with van der Waals surface area (Å²) in [5.74, 6) is 0.883. The Morgan fingerprint density at radius 1 is 0.833 bits per heavy atom. The molecule has 0 radical (unpaired) electrons. The second-order valence-corrected chi connectivity index (χ2v) is 4.08. The van der Waals surface area contributed by atoms with Crippen molar-refractivity contribution < 1.29 is 4.74 Å². The minimum Gasteiger partial charge on any atom is -0.496 e. The van der Waals surface area contributed by atoms with Gasteiger partial charge in [-0.1, -0.05) is 36.4 Å². The molecule has 2 aromatic carbocycles. The molecule has 3 aromatic rings. The normalized spacial score (nSPS) is 10.5. The first-order valence-electron chi connectivity index (χ1n) is 5.87. The molecule has 0 unspecified atom stereocenters. The van der Waals surface area contributed by atoms with Crippen molar-refractivity contribution in [3.8, 4) is 16.9 Å². The van der Waals surface area contributed by atoms with E-state index in [4.69, 9.17) is 4.74 Å². The number of pyridine rings is 1. The molecule has 0 saturated heterocycles. The van der Waals surface area contributed by atoms with E-state index in [0.29, 0.717) is 0 Å². The van der Waals surface area contributed by atoms with Gasteiger partial charge in [-0.05, 0) is 23.8 Å². The Morgan fingerprint density at radius 2 is 1.61 bits per heavy atom. The van der Waals surface area contributed by atoms with E-state index in [2.05, 4.69) is 17.1 Å². The molecule has 0 saturated carbocycles. The van der Waals surface area contributed by atoms with E-state index in [1.165, 1.54) is 0 Å². The Labute approximate surface area is 106 Å². The van der Waals surface area contributed by atoms with Gasteiger partial charge in [-0.15, -0.1) is 0 Å². The number of aromatic nitrogens is 1. The maximum absolute atomic E-state index is 5.43. The summed E-state index contributed by atoms with van der Waals surface area (Å²) in [5.41, 5.74) is 3.25. The van der Waals surface area contributed by atoms with Crippen molar-refractivity contribution in [1.29, 1.82) is 0 Å². The van der Waals surface area contributed by atoms with Crippen LogP contribution >= 0.6 is 0 Å². The zero-order chi connectivity index (χ0) is 12.4. The first-order valence-corrected chi connectivity index (χ1v) is 5.87. The molecule has 0 amide bonds. The summed E-state index contributed by atoms with van der Waals surface area (Å²) in [7, 11) is 1.70. The molecule has 2 heteroatoms. The molecule has 2 nitrogen and oxygen atoms in total. The van der Waals surface area contributed by atoms with Crippen molar-refractivity contribution in [1.82, 2.24) is 4.98 Å². The number of fused-ring (bicyclic) bond motifs is 1. The van der Waals surface area contributed by atoms with Gasteiger partial charge in [-0.3, -0.25) is 4.98 Å². The summed E-state index contributed by atoms with van der Waals surface area (Å²) in [6, 6.07) is 18.2. The van der Waals surface area contributed by atoms with Crippen LogP contribution in [-0.2, 0) is 0 Å². The van der Waals surface area contributed by atoms with E-state index in [0.717, 1.165) is 27.8 Å². The fraction of sp³-hybridized carbons (Fsp3) is 0.0625. The molecular weight excluding hydrogens is 222 g/mol. The number of rotatable bonds is 2. The maximum atomic E-state index is 5.43. The molecule has 1 aromatic heterocycles. The van der Waals surface area contributed by atoms with Gasteiger partial charge in [0.15, 0.2) is 0 Å². The molecule has 0 aliphatic rings. The number of hydrogen-bond donors (Lipinski definition) is 0. The molecule has 0 aliphatic carbocycles. The van der Waals surface area contributed by atoms with Crippen LogP contribution in [0.3, 0.4) is 0 Å². The zero-order valence-electron chi connectivity index (χ0n) is 10.1. The molecule has 0 N–H and O–H groups in total. The molecule has 0 aliphatic heterocycles. The topological polar surface area (TPSA) is 22.1 Å². The Kier molecular flexibility index (Phi) is 2.69. The van der Waals surface area contributed by atoms with E-state index >= 15 is 0 Å². The summed E-state index contributed by atoms with van der Waals surface area (Å²) >= 11 is 0. The highest BCUT2D eigenvalue weighted by Gasteiger charge is 2.08. The van der Waals surface area contributed by atoms with Gasteiger partial charge in [-0.25, -0.2) is 0 Å². The van der Waals surface area contributed by atoms with Crippen molar-refractivity contribution in [3.05, 3.63) is 60.8 Å². The zero-order valence-corrected chi connectivity index (χ0v) is 10.1. The van der Waals surface area contributed by atoms with Gasteiger partial charge in [0.2, 0.25) is 0 Å². The van der Waals surface area contributed by atoms with E-state index in [1.54, 1.807) is 7.11 Å². The van der Waals surface area contributed by atoms with Crippen LogP contribution in [0.5, 0.6) is 5.75 Å². The molecule has 1 heterocycles. The molecule has 0 spiro atoms. The second kappa shape index (κ2) is 4.49. The van der Waals surface area contributed by atoms with Crippen molar-refractivity contribution in [2.24, 2.45) is 0 Å². The lowest BCUT2D eigenvalue weighted by Gasteiger charge is -2.10. The Bertz CT molecular complexity index is 686. The van der Waals surface area contributed by atoms with Gasteiger partial charge in [0, 0.05) is 17.1 Å². The maximum Gasteiger partial charge on any atom is 0.126 e. The van der Waals surface area contributed by atoms with Crippen molar-refractivity contribution in [3.63, 3.8) is 0 Å². The number of hydrogen-bond acceptors (Lipinski definition) is 2. The summed E-state index contributed by atoms with van der Waals surface area (Å²) in [5, 5.41) is 1.14. The first-order chi connectivity index (χ1) is 8.90. The molecular formula is C16H13NO. The van der Waals surface area contributed by atoms with E-state index in [9.17, 15) is 0 Å². The average molecular weight is 235 g/mol. The largest absolute Gasteiger partial charge is 0.496 e. The van der Waals surface area contributed by atoms with Gasteiger partial charge in [0.25, 0.3) is 0 Å². The molecule has 0 atom stereocenters. The number of benzene rings is 2. The summed E-state index contributed by atoms with van der Waals surface area (Å²) in [4.78, 5) is 4.38. The average Bonchev–Trinajstić information content (AvgIpc) is 2.46. The number of para-hydroxylation sites is 2. The second-order valence-electron chi connectivity index (χ2n) is 4.08. The number of methoxy groups -OCH3 is 1. The van der Waals surface area contributed by atoms with Crippen LogP contribution in [0, 0.1) is 0 Å². The highest BCUT2D eigenvalue weighted by molar-refractivity contribution is 5.95. The van der Waals surface area contributed by atoms with Crippen LogP contribution in [0.1, 0.15) is 0 Å². The Morgan fingerprint density at radius 3 is 2.50 bits per heavy atom. The SMILES string of the molecule is COc1ccccc1-c1ccnc2ccccc12. The quantitative estimate of drug-likeness (QED) is 0.671. The lowest BCUT2D eigenvalue weighted by atomic mass is 10.0. The summed E-state index contributed by atoms with van der Waals surface area (Å²) in [6.45, 7) is 0.